The van der Waals surface area contributed by atoms with E-state index in [2.05, 4.69) is 25.7 Å². The van der Waals surface area contributed by atoms with Crippen LogP contribution in [0.3, 0.4) is 0 Å². The van der Waals surface area contributed by atoms with Gasteiger partial charge in [0.1, 0.15) is 5.75 Å². The summed E-state index contributed by atoms with van der Waals surface area (Å²) in [6.07, 6.45) is 0. The molecule has 1 saturated heterocycles. The van der Waals surface area contributed by atoms with Crippen LogP contribution >= 0.6 is 12.4 Å². The smallest absolute Gasteiger partial charge is 0.251 e. The van der Waals surface area contributed by atoms with Gasteiger partial charge in [0.15, 0.2) is 5.82 Å². The lowest BCUT2D eigenvalue weighted by atomic mass is 10.2. The Morgan fingerprint density at radius 3 is 2.88 bits per heavy atom. The zero-order valence-corrected chi connectivity index (χ0v) is 15.0. The number of hydrogen-bond donors (Lipinski definition) is 2. The maximum atomic E-state index is 12.1. The molecular formula is C16H22ClN5O3. The largest absolute Gasteiger partial charge is 0.497 e. The molecule has 1 unspecified atom stereocenters. The number of ether oxygens (including phenoxy) is 1. The van der Waals surface area contributed by atoms with E-state index in [0.29, 0.717) is 23.0 Å². The average molecular weight is 368 g/mol. The molecule has 2 heterocycles. The van der Waals surface area contributed by atoms with Crippen molar-refractivity contribution in [3.05, 3.63) is 41.5 Å². The average Bonchev–Trinajstić information content (AvgIpc) is 3.09. The van der Waals surface area contributed by atoms with Crippen LogP contribution in [0.2, 0.25) is 0 Å². The second kappa shape index (κ2) is 8.80. The lowest BCUT2D eigenvalue weighted by molar-refractivity contribution is 0.0946. The molecule has 9 heteroatoms. The van der Waals surface area contributed by atoms with Crippen molar-refractivity contribution in [3.8, 4) is 5.75 Å². The van der Waals surface area contributed by atoms with Gasteiger partial charge in [0.05, 0.1) is 19.7 Å². The number of carbonyl (C=O) groups excluding carboxylic acids is 1. The summed E-state index contributed by atoms with van der Waals surface area (Å²) < 4.78 is 10.3. The molecule has 0 spiro atoms. The van der Waals surface area contributed by atoms with Crippen LogP contribution in [-0.2, 0) is 6.54 Å². The molecule has 1 fully saturated rings. The predicted octanol–water partition coefficient (Wildman–Crippen LogP) is 1.01. The lowest BCUT2D eigenvalue weighted by Crippen LogP contribution is -2.44. The summed E-state index contributed by atoms with van der Waals surface area (Å²) in [7, 11) is 3.62. The number of nitrogens with one attached hydrogen (secondary N) is 2. The van der Waals surface area contributed by atoms with E-state index in [0.717, 1.165) is 19.6 Å². The van der Waals surface area contributed by atoms with Crippen LogP contribution in [-0.4, -0.2) is 54.7 Å². The van der Waals surface area contributed by atoms with Gasteiger partial charge in [-0.2, -0.15) is 4.98 Å². The van der Waals surface area contributed by atoms with E-state index < -0.39 is 0 Å². The van der Waals surface area contributed by atoms with E-state index in [1.54, 1.807) is 31.4 Å². The molecule has 0 bridgehead atoms. The molecule has 1 atom stereocenters. The minimum atomic E-state index is -0.200. The Morgan fingerprint density at radius 2 is 2.20 bits per heavy atom. The number of hydrogen-bond acceptors (Lipinski definition) is 7. The van der Waals surface area contributed by atoms with Crippen molar-refractivity contribution >= 4 is 18.3 Å². The minimum Gasteiger partial charge on any atom is -0.497 e. The summed E-state index contributed by atoms with van der Waals surface area (Å²) in [5.74, 6) is 1.54. The third-order valence-corrected chi connectivity index (χ3v) is 4.05. The molecule has 0 saturated carbocycles. The zero-order chi connectivity index (χ0) is 16.9. The summed E-state index contributed by atoms with van der Waals surface area (Å²) >= 11 is 0. The highest BCUT2D eigenvalue weighted by Crippen LogP contribution is 2.17. The number of carbonyl (C=O) groups is 1. The Bertz CT molecular complexity index is 691. The number of benzene rings is 1. The van der Waals surface area contributed by atoms with Crippen LogP contribution in [0.1, 0.15) is 28.1 Å². The Kier molecular flexibility index (Phi) is 6.74. The van der Waals surface area contributed by atoms with Gasteiger partial charge >= 0.3 is 0 Å². The molecule has 25 heavy (non-hydrogen) atoms. The molecule has 1 aliphatic heterocycles. The maximum Gasteiger partial charge on any atom is 0.251 e. The summed E-state index contributed by atoms with van der Waals surface area (Å²) in [6.45, 7) is 2.87. The van der Waals surface area contributed by atoms with E-state index in [4.69, 9.17) is 9.26 Å². The van der Waals surface area contributed by atoms with Gasteiger partial charge in [-0.3, -0.25) is 9.69 Å². The third kappa shape index (κ3) is 4.68. The first-order valence-corrected chi connectivity index (χ1v) is 7.83. The van der Waals surface area contributed by atoms with E-state index in [1.165, 1.54) is 0 Å². The van der Waals surface area contributed by atoms with Crippen molar-refractivity contribution in [1.82, 2.24) is 25.7 Å². The first-order valence-electron chi connectivity index (χ1n) is 7.83. The van der Waals surface area contributed by atoms with E-state index in [1.807, 2.05) is 7.05 Å². The van der Waals surface area contributed by atoms with Crippen molar-refractivity contribution in [1.29, 1.82) is 0 Å². The quantitative estimate of drug-likeness (QED) is 0.814. The van der Waals surface area contributed by atoms with Gasteiger partial charge in [-0.15, -0.1) is 12.4 Å². The highest BCUT2D eigenvalue weighted by Gasteiger charge is 2.25. The lowest BCUT2D eigenvalue weighted by Gasteiger charge is -2.30. The monoisotopic (exact) mass is 367 g/mol. The Hall–Kier alpha value is -2.16. The minimum absolute atomic E-state index is 0. The molecule has 8 nitrogen and oxygen atoms in total. The van der Waals surface area contributed by atoms with Crippen molar-refractivity contribution in [2.24, 2.45) is 0 Å². The van der Waals surface area contributed by atoms with Crippen LogP contribution in [0.25, 0.3) is 0 Å². The normalized spacial score (nSPS) is 17.6. The number of rotatable bonds is 5. The van der Waals surface area contributed by atoms with Crippen molar-refractivity contribution in [2.45, 2.75) is 12.6 Å². The summed E-state index contributed by atoms with van der Waals surface area (Å²) in [6, 6.07) is 6.98. The topological polar surface area (TPSA) is 92.5 Å². The number of piperazine rings is 1. The number of aromatic nitrogens is 2. The molecule has 2 N–H and O–H groups in total. The maximum absolute atomic E-state index is 12.1. The van der Waals surface area contributed by atoms with Gasteiger partial charge in [0.25, 0.3) is 5.91 Å². The first-order chi connectivity index (χ1) is 11.7. The van der Waals surface area contributed by atoms with Crippen LogP contribution in [0, 0.1) is 0 Å². The van der Waals surface area contributed by atoms with Gasteiger partial charge in [-0.25, -0.2) is 0 Å². The SMILES string of the molecule is COc1ccc(C(=O)NCc2nc(C3CNCCN3C)no2)cc1.Cl. The standard InChI is InChI=1S/C16H21N5O3.ClH/c1-21-8-7-17-9-13(21)15-19-14(24-20-15)10-18-16(22)11-3-5-12(23-2)6-4-11;/h3-6,13,17H,7-10H2,1-2H3,(H,18,22);1H. The Labute approximate surface area is 152 Å². The molecule has 3 rings (SSSR count). The summed E-state index contributed by atoms with van der Waals surface area (Å²) in [4.78, 5) is 18.7. The zero-order valence-electron chi connectivity index (χ0n) is 14.2. The molecule has 136 valence electrons. The van der Waals surface area contributed by atoms with Gasteiger partial charge in [0, 0.05) is 25.2 Å². The molecule has 1 amide bonds. The fourth-order valence-corrected chi connectivity index (χ4v) is 2.57. The number of likely N-dealkylation sites (N-methyl/N-ethyl adjacent to an activating group) is 1. The predicted molar refractivity (Wildman–Crippen MR) is 94.0 cm³/mol. The van der Waals surface area contributed by atoms with Crippen LogP contribution < -0.4 is 15.4 Å². The fraction of sp³-hybridized carbons (Fsp3) is 0.438. The van der Waals surface area contributed by atoms with Crippen LogP contribution in [0.4, 0.5) is 0 Å². The van der Waals surface area contributed by atoms with Crippen LogP contribution in [0.15, 0.2) is 28.8 Å². The summed E-state index contributed by atoms with van der Waals surface area (Å²) in [5, 5.41) is 10.1. The molecule has 0 radical (unpaired) electrons. The number of methoxy groups -OCH3 is 1. The molecule has 2 aromatic rings. The Morgan fingerprint density at radius 1 is 1.44 bits per heavy atom. The van der Waals surface area contributed by atoms with Gasteiger partial charge in [0.2, 0.25) is 5.89 Å². The molecular weight excluding hydrogens is 346 g/mol. The fourth-order valence-electron chi connectivity index (χ4n) is 2.57. The second-order valence-corrected chi connectivity index (χ2v) is 5.66. The number of halogens is 1. The Balaban J connectivity index is 0.00000225. The van der Waals surface area contributed by atoms with Crippen molar-refractivity contribution < 1.29 is 14.1 Å². The van der Waals surface area contributed by atoms with E-state index >= 15 is 0 Å². The second-order valence-electron chi connectivity index (χ2n) is 5.66. The van der Waals surface area contributed by atoms with Gasteiger partial charge in [-0.1, -0.05) is 5.16 Å². The summed E-state index contributed by atoms with van der Waals surface area (Å²) in [5.41, 5.74) is 0.548. The highest BCUT2D eigenvalue weighted by molar-refractivity contribution is 5.94. The first kappa shape index (κ1) is 19.2. The molecule has 0 aliphatic carbocycles. The van der Waals surface area contributed by atoms with Crippen LogP contribution in [0.5, 0.6) is 5.75 Å². The van der Waals surface area contributed by atoms with Gasteiger partial charge < -0.3 is 19.9 Å². The molecule has 1 aromatic carbocycles. The number of nitrogens with zero attached hydrogens (tertiary/aromatic N) is 3. The third-order valence-electron chi connectivity index (χ3n) is 4.05. The van der Waals surface area contributed by atoms with Crippen molar-refractivity contribution in [2.75, 3.05) is 33.8 Å². The van der Waals surface area contributed by atoms with E-state index in [-0.39, 0.29) is 30.9 Å². The molecule has 1 aromatic heterocycles. The van der Waals surface area contributed by atoms with E-state index in [9.17, 15) is 4.79 Å². The highest BCUT2D eigenvalue weighted by atomic mass is 35.5. The van der Waals surface area contributed by atoms with Crippen molar-refractivity contribution in [3.63, 3.8) is 0 Å². The molecule has 1 aliphatic rings. The van der Waals surface area contributed by atoms with Gasteiger partial charge in [-0.05, 0) is 31.3 Å². The number of amides is 1.